The third kappa shape index (κ3) is 7.13. The van der Waals surface area contributed by atoms with Crippen LogP contribution in [0.25, 0.3) is 0 Å². The number of carboxylic acids is 1. The SMILES string of the molecule is O=C(O)[C@H](Cc1ccc(F)cc1)N=C(c1ccccc1)c1ccccc1NC(=O)[C@@H]1CCCN1Cc1ccccc1. The number of benzene rings is 4. The Morgan fingerprint density at radius 2 is 1.54 bits per heavy atom. The molecule has 1 saturated heterocycles. The summed E-state index contributed by atoms with van der Waals surface area (Å²) in [5.41, 5.74) is 4.21. The number of nitrogens with zero attached hydrogens (tertiary/aromatic N) is 2. The number of carbonyl (C=O) groups is 2. The van der Waals surface area contributed by atoms with Crippen LogP contribution >= 0.6 is 0 Å². The lowest BCUT2D eigenvalue weighted by atomic mass is 9.98. The minimum absolute atomic E-state index is 0.0942. The molecule has 208 valence electrons. The van der Waals surface area contributed by atoms with Crippen molar-refractivity contribution >= 4 is 23.3 Å². The third-order valence-electron chi connectivity index (χ3n) is 7.29. The van der Waals surface area contributed by atoms with E-state index in [1.165, 1.54) is 12.1 Å². The Morgan fingerprint density at radius 3 is 2.24 bits per heavy atom. The quantitative estimate of drug-likeness (QED) is 0.239. The van der Waals surface area contributed by atoms with Crippen molar-refractivity contribution in [3.05, 3.63) is 137 Å². The Labute approximate surface area is 239 Å². The van der Waals surface area contributed by atoms with Crippen LogP contribution in [0.4, 0.5) is 10.1 Å². The van der Waals surface area contributed by atoms with Crippen molar-refractivity contribution < 1.29 is 19.1 Å². The standard InChI is InChI=1S/C34H32FN3O3/c35-27-19-17-24(18-20-27)22-30(34(40)41)36-32(26-12-5-2-6-13-26)28-14-7-8-15-29(28)37-33(39)31-16-9-21-38(31)23-25-10-3-1-4-11-25/h1-8,10-15,17-20,30-31H,9,16,21-23H2,(H,37,39)(H,40,41)/t30-,31-/m0/s1. The molecule has 5 rings (SSSR count). The monoisotopic (exact) mass is 549 g/mol. The Bertz CT molecular complexity index is 1510. The van der Waals surface area contributed by atoms with E-state index >= 15 is 0 Å². The third-order valence-corrected chi connectivity index (χ3v) is 7.29. The molecular formula is C34H32FN3O3. The fourth-order valence-electron chi connectivity index (χ4n) is 5.23. The Morgan fingerprint density at radius 1 is 0.878 bits per heavy atom. The Balaban J connectivity index is 1.45. The topological polar surface area (TPSA) is 82.0 Å². The largest absolute Gasteiger partial charge is 0.480 e. The zero-order valence-corrected chi connectivity index (χ0v) is 22.6. The number of aliphatic carboxylic acids is 1. The van der Waals surface area contributed by atoms with E-state index in [0.29, 0.717) is 29.1 Å². The van der Waals surface area contributed by atoms with E-state index in [1.807, 2.05) is 72.8 Å². The molecule has 0 bridgehead atoms. The number of anilines is 1. The van der Waals surface area contributed by atoms with E-state index in [9.17, 15) is 19.1 Å². The van der Waals surface area contributed by atoms with E-state index in [4.69, 9.17) is 4.99 Å². The van der Waals surface area contributed by atoms with Gasteiger partial charge >= 0.3 is 5.97 Å². The Hall–Kier alpha value is -4.62. The first kappa shape index (κ1) is 27.9. The molecule has 1 fully saturated rings. The van der Waals surface area contributed by atoms with Gasteiger partial charge in [0.05, 0.1) is 17.4 Å². The van der Waals surface area contributed by atoms with Crippen molar-refractivity contribution in [1.82, 2.24) is 4.90 Å². The summed E-state index contributed by atoms with van der Waals surface area (Å²) in [4.78, 5) is 32.9. The average molecular weight is 550 g/mol. The summed E-state index contributed by atoms with van der Waals surface area (Å²) in [5.74, 6) is -1.57. The molecule has 4 aromatic rings. The van der Waals surface area contributed by atoms with Gasteiger partial charge in [-0.1, -0.05) is 91.0 Å². The number of amides is 1. The second-order valence-electron chi connectivity index (χ2n) is 10.2. The van der Waals surface area contributed by atoms with Crippen LogP contribution in [0.3, 0.4) is 0 Å². The van der Waals surface area contributed by atoms with Gasteiger partial charge in [-0.2, -0.15) is 0 Å². The molecular weight excluding hydrogens is 517 g/mol. The fraction of sp³-hybridized carbons (Fsp3) is 0.206. The van der Waals surface area contributed by atoms with Crippen LogP contribution in [-0.2, 0) is 22.6 Å². The minimum atomic E-state index is -1.12. The van der Waals surface area contributed by atoms with E-state index in [1.54, 1.807) is 12.1 Å². The molecule has 0 aromatic heterocycles. The lowest BCUT2D eigenvalue weighted by molar-refractivity contribution is -0.138. The summed E-state index contributed by atoms with van der Waals surface area (Å²) >= 11 is 0. The van der Waals surface area contributed by atoms with Crippen LogP contribution in [0.1, 0.15) is 35.1 Å². The highest BCUT2D eigenvalue weighted by molar-refractivity contribution is 6.17. The van der Waals surface area contributed by atoms with Crippen LogP contribution < -0.4 is 5.32 Å². The van der Waals surface area contributed by atoms with Crippen molar-refractivity contribution in [2.24, 2.45) is 4.99 Å². The number of carbonyl (C=O) groups excluding carboxylic acids is 1. The van der Waals surface area contributed by atoms with Gasteiger partial charge < -0.3 is 10.4 Å². The number of carboxylic acid groups (broad SMARTS) is 1. The van der Waals surface area contributed by atoms with E-state index in [0.717, 1.165) is 30.5 Å². The number of aliphatic imine (C=N–C) groups is 1. The van der Waals surface area contributed by atoms with Crippen LogP contribution in [0.15, 0.2) is 114 Å². The van der Waals surface area contributed by atoms with Gasteiger partial charge in [-0.25, -0.2) is 9.18 Å². The maximum atomic E-state index is 13.6. The van der Waals surface area contributed by atoms with Gasteiger partial charge in [0.25, 0.3) is 0 Å². The summed E-state index contributed by atoms with van der Waals surface area (Å²) < 4.78 is 13.4. The van der Waals surface area contributed by atoms with E-state index in [2.05, 4.69) is 22.3 Å². The van der Waals surface area contributed by atoms with Crippen molar-refractivity contribution in [3.8, 4) is 0 Å². The summed E-state index contributed by atoms with van der Waals surface area (Å²) in [7, 11) is 0. The van der Waals surface area contributed by atoms with E-state index in [-0.39, 0.29) is 24.2 Å². The predicted molar refractivity (Wildman–Crippen MR) is 159 cm³/mol. The van der Waals surface area contributed by atoms with Crippen LogP contribution in [0.5, 0.6) is 0 Å². The Kier molecular flexibility index (Phi) is 8.96. The predicted octanol–water partition coefficient (Wildman–Crippen LogP) is 5.96. The number of para-hydroxylation sites is 1. The number of halogens is 1. The zero-order chi connectivity index (χ0) is 28.6. The van der Waals surface area contributed by atoms with Crippen molar-refractivity contribution in [2.75, 3.05) is 11.9 Å². The smallest absolute Gasteiger partial charge is 0.328 e. The molecule has 2 N–H and O–H groups in total. The van der Waals surface area contributed by atoms with Gasteiger partial charge in [0.1, 0.15) is 5.82 Å². The summed E-state index contributed by atoms with van der Waals surface area (Å²) in [5, 5.41) is 13.2. The molecule has 0 unspecified atom stereocenters. The summed E-state index contributed by atoms with van der Waals surface area (Å²) in [6.07, 6.45) is 1.79. The normalized spacial score (nSPS) is 16.3. The molecule has 2 atom stereocenters. The van der Waals surface area contributed by atoms with Crippen molar-refractivity contribution in [1.29, 1.82) is 0 Å². The lowest BCUT2D eigenvalue weighted by Gasteiger charge is -2.24. The van der Waals surface area contributed by atoms with Gasteiger partial charge in [-0.3, -0.25) is 14.7 Å². The molecule has 0 aliphatic carbocycles. The molecule has 1 aliphatic rings. The van der Waals surface area contributed by atoms with Crippen molar-refractivity contribution in [2.45, 2.75) is 37.9 Å². The molecule has 1 aliphatic heterocycles. The number of rotatable bonds is 10. The second-order valence-corrected chi connectivity index (χ2v) is 10.2. The van der Waals surface area contributed by atoms with Crippen LogP contribution in [0.2, 0.25) is 0 Å². The maximum absolute atomic E-state index is 13.6. The summed E-state index contributed by atoms with van der Waals surface area (Å²) in [6.45, 7) is 1.54. The molecule has 0 saturated carbocycles. The number of hydrogen-bond donors (Lipinski definition) is 2. The van der Waals surface area contributed by atoms with Crippen LogP contribution in [-0.4, -0.2) is 46.2 Å². The fourth-order valence-corrected chi connectivity index (χ4v) is 5.23. The lowest BCUT2D eigenvalue weighted by Crippen LogP contribution is -2.39. The molecule has 0 radical (unpaired) electrons. The maximum Gasteiger partial charge on any atom is 0.328 e. The molecule has 6 nitrogen and oxygen atoms in total. The first-order valence-electron chi connectivity index (χ1n) is 13.8. The second kappa shape index (κ2) is 13.2. The highest BCUT2D eigenvalue weighted by Crippen LogP contribution is 2.25. The average Bonchev–Trinajstić information content (AvgIpc) is 3.46. The van der Waals surface area contributed by atoms with Crippen LogP contribution in [0, 0.1) is 5.82 Å². The van der Waals surface area contributed by atoms with Gasteiger partial charge in [0.2, 0.25) is 5.91 Å². The number of likely N-dealkylation sites (tertiary alicyclic amines) is 1. The molecule has 7 heteroatoms. The first-order valence-corrected chi connectivity index (χ1v) is 13.8. The van der Waals surface area contributed by atoms with Crippen molar-refractivity contribution in [3.63, 3.8) is 0 Å². The van der Waals surface area contributed by atoms with Gasteiger partial charge in [-0.05, 0) is 48.7 Å². The molecule has 0 spiro atoms. The zero-order valence-electron chi connectivity index (χ0n) is 22.6. The van der Waals surface area contributed by atoms with E-state index < -0.39 is 12.0 Å². The molecule has 41 heavy (non-hydrogen) atoms. The first-order chi connectivity index (χ1) is 20.0. The molecule has 4 aromatic carbocycles. The van der Waals surface area contributed by atoms with Gasteiger partial charge in [0, 0.05) is 24.1 Å². The highest BCUT2D eigenvalue weighted by Gasteiger charge is 2.31. The minimum Gasteiger partial charge on any atom is -0.480 e. The van der Waals surface area contributed by atoms with Gasteiger partial charge in [0.15, 0.2) is 6.04 Å². The molecule has 1 amide bonds. The summed E-state index contributed by atoms with van der Waals surface area (Å²) in [6, 6.07) is 31.2. The highest BCUT2D eigenvalue weighted by atomic mass is 19.1. The number of hydrogen-bond acceptors (Lipinski definition) is 4. The number of nitrogens with one attached hydrogen (secondary N) is 1. The van der Waals surface area contributed by atoms with Gasteiger partial charge in [-0.15, -0.1) is 0 Å². The molecule has 1 heterocycles.